The van der Waals surface area contributed by atoms with E-state index in [-0.39, 0.29) is 40.3 Å². The van der Waals surface area contributed by atoms with E-state index in [0.717, 1.165) is 62.1 Å². The van der Waals surface area contributed by atoms with Crippen LogP contribution in [-0.2, 0) is 16.8 Å². The molecular formula is C41H44N4O7. The van der Waals surface area contributed by atoms with Crippen LogP contribution in [0.2, 0.25) is 0 Å². The minimum absolute atomic E-state index is 0.0854. The van der Waals surface area contributed by atoms with Gasteiger partial charge in [-0.1, -0.05) is 42.5 Å². The lowest BCUT2D eigenvalue weighted by molar-refractivity contribution is -0.132. The highest BCUT2D eigenvalue weighted by Gasteiger charge is 2.42. The molecule has 0 saturated carbocycles. The molecule has 2 aliphatic heterocycles. The second-order valence-electron chi connectivity index (χ2n) is 13.7. The van der Waals surface area contributed by atoms with Crippen molar-refractivity contribution in [2.45, 2.75) is 44.6 Å². The van der Waals surface area contributed by atoms with Crippen molar-refractivity contribution in [2.24, 2.45) is 5.92 Å². The molecule has 0 N–H and O–H groups in total. The zero-order valence-electron chi connectivity index (χ0n) is 29.9. The quantitative estimate of drug-likeness (QED) is 0.0828. The summed E-state index contributed by atoms with van der Waals surface area (Å²) in [5, 5.41) is 0. The van der Waals surface area contributed by atoms with Crippen LogP contribution in [0.4, 0.5) is 0 Å². The van der Waals surface area contributed by atoms with Gasteiger partial charge in [0.05, 0.1) is 38.1 Å². The third kappa shape index (κ3) is 7.05. The van der Waals surface area contributed by atoms with Crippen LogP contribution < -0.4 is 14.2 Å². The van der Waals surface area contributed by atoms with Crippen molar-refractivity contribution in [2.75, 3.05) is 46.9 Å². The predicted octanol–water partition coefficient (Wildman–Crippen LogP) is 6.39. The third-order valence-corrected chi connectivity index (χ3v) is 10.6. The number of aromatic nitrogens is 2. The molecule has 2 aliphatic rings. The van der Waals surface area contributed by atoms with Crippen LogP contribution in [0.25, 0.3) is 11.0 Å². The molecular weight excluding hydrogens is 660 g/mol. The van der Waals surface area contributed by atoms with Gasteiger partial charge in [0.2, 0.25) is 11.5 Å². The number of carbonyl (C=O) groups excluding carboxylic acids is 3. The molecule has 11 heteroatoms. The molecule has 1 atom stereocenters. The first-order chi connectivity index (χ1) is 25.3. The first kappa shape index (κ1) is 35.0. The third-order valence-electron chi connectivity index (χ3n) is 10.6. The number of furan rings is 1. The number of rotatable bonds is 12. The Hall–Kier alpha value is -5.42. The minimum Gasteiger partial charge on any atom is -0.493 e. The Morgan fingerprint density at radius 1 is 0.904 bits per heavy atom. The Bertz CT molecular complexity index is 2020. The van der Waals surface area contributed by atoms with Gasteiger partial charge in [0.15, 0.2) is 17.3 Å². The Kier molecular flexibility index (Phi) is 10.1. The molecule has 3 aromatic carbocycles. The lowest BCUT2D eigenvalue weighted by Gasteiger charge is -2.36. The number of hydrogen-bond donors (Lipinski definition) is 0. The molecule has 5 aromatic rings. The van der Waals surface area contributed by atoms with Gasteiger partial charge in [-0.2, -0.15) is 0 Å². The van der Waals surface area contributed by atoms with Crippen LogP contribution in [0.1, 0.15) is 64.9 Å². The molecule has 0 aliphatic carbocycles. The summed E-state index contributed by atoms with van der Waals surface area (Å²) in [6.45, 7) is 5.40. The van der Waals surface area contributed by atoms with E-state index >= 15 is 0 Å². The zero-order chi connectivity index (χ0) is 36.2. The van der Waals surface area contributed by atoms with Gasteiger partial charge in [-0.05, 0) is 87.3 Å². The van der Waals surface area contributed by atoms with Crippen molar-refractivity contribution < 1.29 is 33.0 Å². The molecule has 1 amide bonds. The number of benzene rings is 3. The number of carbonyl (C=O) groups is 3. The van der Waals surface area contributed by atoms with Crippen molar-refractivity contribution in [1.29, 1.82) is 0 Å². The summed E-state index contributed by atoms with van der Waals surface area (Å²) in [5.41, 5.74) is 3.12. The van der Waals surface area contributed by atoms with E-state index < -0.39 is 5.97 Å². The molecule has 7 rings (SSSR count). The molecule has 1 unspecified atom stereocenters. The lowest BCUT2D eigenvalue weighted by atomic mass is 9.76. The van der Waals surface area contributed by atoms with Gasteiger partial charge < -0.3 is 33.0 Å². The summed E-state index contributed by atoms with van der Waals surface area (Å²) < 4.78 is 23.9. The maximum absolute atomic E-state index is 14.0. The van der Waals surface area contributed by atoms with Crippen LogP contribution in [0.15, 0.2) is 89.5 Å². The minimum atomic E-state index is -0.513. The Morgan fingerprint density at radius 3 is 2.29 bits per heavy atom. The second-order valence-corrected chi connectivity index (χ2v) is 13.7. The SMILES string of the molecule is COc1cc(C(=O)N2CCC(CCN3CCC(C(=O)c4nc5ccccc5n4Cc4ccco4)CC3)(c3ccccc3)C2)cc(OC)c1OC(C)=O. The summed E-state index contributed by atoms with van der Waals surface area (Å²) in [6, 6.07) is 25.3. The number of piperidine rings is 1. The summed E-state index contributed by atoms with van der Waals surface area (Å²) in [6.07, 6.45) is 4.87. The summed E-state index contributed by atoms with van der Waals surface area (Å²) >= 11 is 0. The number of nitrogens with zero attached hydrogens (tertiary/aromatic N) is 4. The Balaban J connectivity index is 1.03. The van der Waals surface area contributed by atoms with E-state index in [1.165, 1.54) is 26.7 Å². The average molecular weight is 705 g/mol. The van der Waals surface area contributed by atoms with E-state index in [2.05, 4.69) is 29.2 Å². The Morgan fingerprint density at radius 2 is 1.62 bits per heavy atom. The zero-order valence-corrected chi connectivity index (χ0v) is 29.9. The molecule has 11 nitrogen and oxygen atoms in total. The van der Waals surface area contributed by atoms with Gasteiger partial charge >= 0.3 is 5.97 Å². The van der Waals surface area contributed by atoms with Gasteiger partial charge in [0, 0.05) is 36.9 Å². The van der Waals surface area contributed by atoms with E-state index in [0.29, 0.717) is 31.0 Å². The second kappa shape index (κ2) is 15.1. The molecule has 52 heavy (non-hydrogen) atoms. The van der Waals surface area contributed by atoms with Crippen LogP contribution >= 0.6 is 0 Å². The summed E-state index contributed by atoms with van der Waals surface area (Å²) in [5.74, 6) is 1.25. The number of ketones is 1. The number of imidazole rings is 1. The molecule has 0 bridgehead atoms. The molecule has 2 saturated heterocycles. The lowest BCUT2D eigenvalue weighted by Crippen LogP contribution is -2.41. The monoisotopic (exact) mass is 704 g/mol. The number of amides is 1. The van der Waals surface area contributed by atoms with Crippen molar-refractivity contribution in [3.63, 3.8) is 0 Å². The Labute approximate surface area is 303 Å². The van der Waals surface area contributed by atoms with Crippen molar-refractivity contribution in [1.82, 2.24) is 19.4 Å². The van der Waals surface area contributed by atoms with Gasteiger partial charge in [-0.15, -0.1) is 0 Å². The van der Waals surface area contributed by atoms with Gasteiger partial charge in [-0.3, -0.25) is 14.4 Å². The van der Waals surface area contributed by atoms with E-state index in [1.807, 2.05) is 51.9 Å². The number of Topliss-reactive ketones (excluding diaryl/α,β-unsaturated/α-hetero) is 1. The maximum atomic E-state index is 14.0. The first-order valence-electron chi connectivity index (χ1n) is 17.8. The fraction of sp³-hybridized carbons (Fsp3) is 0.366. The number of methoxy groups -OCH3 is 2. The predicted molar refractivity (Wildman–Crippen MR) is 195 cm³/mol. The van der Waals surface area contributed by atoms with Crippen LogP contribution in [0.3, 0.4) is 0 Å². The fourth-order valence-corrected chi connectivity index (χ4v) is 7.81. The van der Waals surface area contributed by atoms with E-state index in [1.54, 1.807) is 18.4 Å². The molecule has 0 spiro atoms. The van der Waals surface area contributed by atoms with Gasteiger partial charge in [0.1, 0.15) is 5.76 Å². The molecule has 2 aromatic heterocycles. The summed E-state index contributed by atoms with van der Waals surface area (Å²) in [4.78, 5) is 48.8. The van der Waals surface area contributed by atoms with Crippen molar-refractivity contribution >= 4 is 28.7 Å². The molecule has 2 fully saturated rings. The molecule has 4 heterocycles. The number of likely N-dealkylation sites (tertiary alicyclic amines) is 2. The number of hydrogen-bond acceptors (Lipinski definition) is 9. The van der Waals surface area contributed by atoms with Crippen LogP contribution in [0.5, 0.6) is 17.2 Å². The van der Waals surface area contributed by atoms with Crippen molar-refractivity contribution in [3.8, 4) is 17.2 Å². The largest absolute Gasteiger partial charge is 0.493 e. The highest BCUT2D eigenvalue weighted by atomic mass is 16.6. The highest BCUT2D eigenvalue weighted by molar-refractivity contribution is 5.98. The van der Waals surface area contributed by atoms with E-state index in [9.17, 15) is 14.4 Å². The standard InChI is InChI=1S/C41H44N4O7/c1-28(46)52-38-35(49-2)24-30(25-36(38)50-3)40(48)44-22-18-41(27-44,31-10-5-4-6-11-31)17-21-43-19-15-29(16-20-43)37(47)39-42-33-13-7-8-14-34(33)45(39)26-32-12-9-23-51-32/h4-14,23-25,29H,15-22,26-27H2,1-3H3. The van der Waals surface area contributed by atoms with Gasteiger partial charge in [-0.25, -0.2) is 4.98 Å². The van der Waals surface area contributed by atoms with Gasteiger partial charge in [0.25, 0.3) is 5.91 Å². The topological polar surface area (TPSA) is 116 Å². The average Bonchev–Trinajstić information content (AvgIpc) is 3.94. The molecule has 0 radical (unpaired) electrons. The van der Waals surface area contributed by atoms with Crippen molar-refractivity contribution in [3.05, 3.63) is 108 Å². The normalized spacial score (nSPS) is 18.1. The smallest absolute Gasteiger partial charge is 0.308 e. The van der Waals surface area contributed by atoms with Crippen LogP contribution in [-0.4, -0.2) is 84.0 Å². The number of esters is 1. The first-order valence-corrected chi connectivity index (χ1v) is 17.8. The highest BCUT2D eigenvalue weighted by Crippen LogP contribution is 2.42. The van der Waals surface area contributed by atoms with E-state index in [4.69, 9.17) is 23.6 Å². The number of fused-ring (bicyclic) bond motifs is 1. The number of para-hydroxylation sites is 2. The fourth-order valence-electron chi connectivity index (χ4n) is 7.81. The number of ether oxygens (including phenoxy) is 3. The summed E-state index contributed by atoms with van der Waals surface area (Å²) in [7, 11) is 2.93. The van der Waals surface area contributed by atoms with Crippen LogP contribution in [0, 0.1) is 5.92 Å². The molecule has 270 valence electrons. The maximum Gasteiger partial charge on any atom is 0.308 e.